The molecule has 1 aromatic rings. The van der Waals surface area contributed by atoms with Crippen LogP contribution < -0.4 is 16.0 Å². The van der Waals surface area contributed by atoms with Gasteiger partial charge in [0.2, 0.25) is 11.8 Å². The number of alkyl halides is 3. The van der Waals surface area contributed by atoms with E-state index in [1.54, 1.807) is 26.0 Å². The summed E-state index contributed by atoms with van der Waals surface area (Å²) in [5, 5.41) is 8.39. The standard InChI is InChI=1S/C16H20F3N3O2/c1-9(12-5-3-11(4-6-12)8-16(17,18)19)20-15(24)13-7-14(23)22-10(2)21-13/h3-6,9-10,13,21H,7-8H2,1-2H3,(H,20,24)(H,22,23)/t9-,10?,13?/m1/s1. The zero-order valence-corrected chi connectivity index (χ0v) is 13.4. The highest BCUT2D eigenvalue weighted by molar-refractivity contribution is 5.89. The monoisotopic (exact) mass is 343 g/mol. The molecule has 5 nitrogen and oxygen atoms in total. The van der Waals surface area contributed by atoms with Crippen molar-refractivity contribution in [2.24, 2.45) is 0 Å². The second-order valence-corrected chi connectivity index (χ2v) is 5.98. The fraction of sp³-hybridized carbons (Fsp3) is 0.500. The quantitative estimate of drug-likeness (QED) is 0.781. The van der Waals surface area contributed by atoms with Crippen molar-refractivity contribution in [1.29, 1.82) is 0 Å². The first-order chi connectivity index (χ1) is 11.1. The average molecular weight is 343 g/mol. The van der Waals surface area contributed by atoms with Crippen LogP contribution in [-0.2, 0) is 16.0 Å². The summed E-state index contributed by atoms with van der Waals surface area (Å²) in [7, 11) is 0. The normalized spacial score (nSPS) is 22.6. The summed E-state index contributed by atoms with van der Waals surface area (Å²) in [6, 6.07) is 4.94. The third-order valence-corrected chi connectivity index (χ3v) is 3.78. The van der Waals surface area contributed by atoms with Crippen LogP contribution in [0.25, 0.3) is 0 Å². The topological polar surface area (TPSA) is 70.2 Å². The molecular weight excluding hydrogens is 323 g/mol. The van der Waals surface area contributed by atoms with E-state index in [9.17, 15) is 22.8 Å². The maximum Gasteiger partial charge on any atom is 0.393 e. The molecule has 0 spiro atoms. The van der Waals surface area contributed by atoms with Crippen LogP contribution in [0.1, 0.15) is 37.4 Å². The highest BCUT2D eigenvalue weighted by atomic mass is 19.4. The first kappa shape index (κ1) is 18.3. The first-order valence-electron chi connectivity index (χ1n) is 7.65. The Morgan fingerprint density at radius 1 is 1.33 bits per heavy atom. The lowest BCUT2D eigenvalue weighted by Crippen LogP contribution is -2.59. The van der Waals surface area contributed by atoms with Crippen molar-refractivity contribution in [2.45, 2.75) is 51.1 Å². The molecule has 0 aromatic heterocycles. The Morgan fingerprint density at radius 2 is 1.96 bits per heavy atom. The van der Waals surface area contributed by atoms with Crippen LogP contribution in [0.4, 0.5) is 13.2 Å². The summed E-state index contributed by atoms with van der Waals surface area (Å²) in [5.74, 6) is -0.519. The zero-order valence-electron chi connectivity index (χ0n) is 13.4. The molecule has 1 aromatic carbocycles. The van der Waals surface area contributed by atoms with Gasteiger partial charge >= 0.3 is 6.18 Å². The lowest BCUT2D eigenvalue weighted by molar-refractivity contribution is -0.132. The van der Waals surface area contributed by atoms with Crippen molar-refractivity contribution in [1.82, 2.24) is 16.0 Å². The van der Waals surface area contributed by atoms with Gasteiger partial charge in [0.05, 0.1) is 31.1 Å². The van der Waals surface area contributed by atoms with Gasteiger partial charge in [0.15, 0.2) is 0 Å². The fourth-order valence-electron chi connectivity index (χ4n) is 2.61. The Hall–Kier alpha value is -2.09. The van der Waals surface area contributed by atoms with Crippen LogP contribution in [0.2, 0.25) is 0 Å². The number of nitrogens with one attached hydrogen (secondary N) is 3. The molecule has 1 fully saturated rings. The van der Waals surface area contributed by atoms with Crippen molar-refractivity contribution in [2.75, 3.05) is 0 Å². The van der Waals surface area contributed by atoms with Gasteiger partial charge in [-0.2, -0.15) is 13.2 Å². The Kier molecular flexibility index (Phi) is 5.48. The molecule has 24 heavy (non-hydrogen) atoms. The molecule has 3 N–H and O–H groups in total. The molecular formula is C16H20F3N3O2. The number of amides is 2. The molecule has 2 unspecified atom stereocenters. The van der Waals surface area contributed by atoms with Crippen molar-refractivity contribution < 1.29 is 22.8 Å². The van der Waals surface area contributed by atoms with E-state index < -0.39 is 18.6 Å². The molecule has 0 saturated carbocycles. The zero-order chi connectivity index (χ0) is 17.9. The van der Waals surface area contributed by atoms with Crippen LogP contribution in [0, 0.1) is 0 Å². The second kappa shape index (κ2) is 7.21. The maximum atomic E-state index is 12.3. The molecule has 1 heterocycles. The maximum absolute atomic E-state index is 12.3. The Bertz CT molecular complexity index is 602. The van der Waals surface area contributed by atoms with E-state index in [-0.39, 0.29) is 36.0 Å². The van der Waals surface area contributed by atoms with Gasteiger partial charge < -0.3 is 10.6 Å². The van der Waals surface area contributed by atoms with Gasteiger partial charge in [-0.15, -0.1) is 0 Å². The lowest BCUT2D eigenvalue weighted by atomic mass is 10.0. The number of carbonyl (C=O) groups excluding carboxylic acids is 2. The summed E-state index contributed by atoms with van der Waals surface area (Å²) in [6.07, 6.45) is -5.47. The van der Waals surface area contributed by atoms with Crippen LogP contribution in [-0.4, -0.2) is 30.2 Å². The van der Waals surface area contributed by atoms with Gasteiger partial charge in [-0.1, -0.05) is 24.3 Å². The van der Waals surface area contributed by atoms with Crippen molar-refractivity contribution in [3.8, 4) is 0 Å². The highest BCUT2D eigenvalue weighted by Gasteiger charge is 2.29. The summed E-state index contributed by atoms with van der Waals surface area (Å²) in [4.78, 5) is 23.7. The van der Waals surface area contributed by atoms with Gasteiger partial charge in [0, 0.05) is 0 Å². The molecule has 0 aliphatic carbocycles. The molecule has 1 aliphatic rings. The minimum Gasteiger partial charge on any atom is -0.348 e. The van der Waals surface area contributed by atoms with E-state index in [2.05, 4.69) is 16.0 Å². The van der Waals surface area contributed by atoms with Crippen molar-refractivity contribution >= 4 is 11.8 Å². The summed E-state index contributed by atoms with van der Waals surface area (Å²) >= 11 is 0. The smallest absolute Gasteiger partial charge is 0.348 e. The molecule has 0 radical (unpaired) electrons. The van der Waals surface area contributed by atoms with Gasteiger partial charge in [-0.25, -0.2) is 0 Å². The minimum absolute atomic E-state index is 0.0490. The van der Waals surface area contributed by atoms with Gasteiger partial charge in [-0.05, 0) is 25.0 Å². The Balaban J connectivity index is 1.95. The van der Waals surface area contributed by atoms with Gasteiger partial charge in [0.1, 0.15) is 0 Å². The van der Waals surface area contributed by atoms with E-state index in [1.165, 1.54) is 12.1 Å². The molecule has 1 aliphatic heterocycles. The summed E-state index contributed by atoms with van der Waals surface area (Å²) in [6.45, 7) is 3.48. The predicted molar refractivity (Wildman–Crippen MR) is 81.9 cm³/mol. The van der Waals surface area contributed by atoms with Gasteiger partial charge in [-0.3, -0.25) is 14.9 Å². The minimum atomic E-state index is -4.24. The summed E-state index contributed by atoms with van der Waals surface area (Å²) in [5.41, 5.74) is 0.867. The van der Waals surface area contributed by atoms with Crippen LogP contribution in [0.3, 0.4) is 0 Å². The molecule has 132 valence electrons. The largest absolute Gasteiger partial charge is 0.393 e. The van der Waals surface area contributed by atoms with E-state index in [1.807, 2.05) is 0 Å². The summed E-state index contributed by atoms with van der Waals surface area (Å²) < 4.78 is 37.0. The Morgan fingerprint density at radius 3 is 2.50 bits per heavy atom. The molecule has 1 saturated heterocycles. The van der Waals surface area contributed by atoms with E-state index in [4.69, 9.17) is 0 Å². The number of hydrogen-bond donors (Lipinski definition) is 3. The van der Waals surface area contributed by atoms with Gasteiger partial charge in [0.25, 0.3) is 0 Å². The molecule has 2 rings (SSSR count). The first-order valence-corrected chi connectivity index (χ1v) is 7.65. The van der Waals surface area contributed by atoms with E-state index in [0.29, 0.717) is 5.56 Å². The third-order valence-electron chi connectivity index (χ3n) is 3.78. The lowest BCUT2D eigenvalue weighted by Gasteiger charge is -2.29. The number of carbonyl (C=O) groups is 2. The molecule has 8 heteroatoms. The van der Waals surface area contributed by atoms with Crippen molar-refractivity contribution in [3.05, 3.63) is 35.4 Å². The number of halogens is 3. The highest BCUT2D eigenvalue weighted by Crippen LogP contribution is 2.22. The molecule has 0 bridgehead atoms. The van der Waals surface area contributed by atoms with Crippen LogP contribution in [0.15, 0.2) is 24.3 Å². The average Bonchev–Trinajstić information content (AvgIpc) is 2.45. The molecule has 2 amide bonds. The number of hydrogen-bond acceptors (Lipinski definition) is 3. The van der Waals surface area contributed by atoms with Crippen molar-refractivity contribution in [3.63, 3.8) is 0 Å². The van der Waals surface area contributed by atoms with E-state index in [0.717, 1.165) is 0 Å². The fourth-order valence-corrected chi connectivity index (χ4v) is 2.61. The van der Waals surface area contributed by atoms with Crippen LogP contribution >= 0.6 is 0 Å². The predicted octanol–water partition coefficient (Wildman–Crippen LogP) is 1.79. The SMILES string of the molecule is CC1NC(=O)CC(C(=O)N[C@H](C)c2ccc(CC(F)(F)F)cc2)N1. The number of rotatable bonds is 4. The Labute approximate surface area is 138 Å². The van der Waals surface area contributed by atoms with Crippen LogP contribution in [0.5, 0.6) is 0 Å². The third kappa shape index (κ3) is 5.23. The second-order valence-electron chi connectivity index (χ2n) is 5.98. The molecule has 3 atom stereocenters. The van der Waals surface area contributed by atoms with E-state index >= 15 is 0 Å². The number of benzene rings is 1.